The molecule has 2 heterocycles. The fourth-order valence-corrected chi connectivity index (χ4v) is 4.02. The van der Waals surface area contributed by atoms with Gasteiger partial charge in [-0.25, -0.2) is 0 Å². The molecule has 2 aliphatic heterocycles. The highest BCUT2D eigenvalue weighted by Crippen LogP contribution is 2.19. The van der Waals surface area contributed by atoms with Crippen LogP contribution in [0.15, 0.2) is 4.99 Å². The second-order valence-electron chi connectivity index (χ2n) is 7.61. The fourth-order valence-electron chi connectivity index (χ4n) is 4.02. The third-order valence-electron chi connectivity index (χ3n) is 5.72. The summed E-state index contributed by atoms with van der Waals surface area (Å²) in [6.07, 6.45) is 8.15. The number of esters is 1. The number of rotatable bonds is 7. The molecule has 0 saturated carbocycles. The molecule has 158 valence electrons. The van der Waals surface area contributed by atoms with Crippen molar-refractivity contribution >= 4 is 35.9 Å². The molecule has 1 atom stereocenters. The first-order chi connectivity index (χ1) is 12.7. The predicted octanol–water partition coefficient (Wildman–Crippen LogP) is 3.11. The third kappa shape index (κ3) is 8.13. The van der Waals surface area contributed by atoms with E-state index in [1.54, 1.807) is 0 Å². The monoisotopic (exact) mass is 494 g/mol. The largest absolute Gasteiger partial charge is 0.469 e. The third-order valence-corrected chi connectivity index (χ3v) is 5.72. The van der Waals surface area contributed by atoms with E-state index in [4.69, 9.17) is 9.73 Å². The SMILES string of the molecule is CCNC(=NCCCCN1CCCCC1C)N1CCC(C(=O)OC)CC1.I. The molecule has 2 aliphatic rings. The molecule has 1 unspecified atom stereocenters. The molecule has 2 fully saturated rings. The van der Waals surface area contributed by atoms with Crippen molar-refractivity contribution in [1.82, 2.24) is 15.1 Å². The van der Waals surface area contributed by atoms with E-state index < -0.39 is 0 Å². The fraction of sp³-hybridized carbons (Fsp3) is 0.900. The van der Waals surface area contributed by atoms with Crippen molar-refractivity contribution in [1.29, 1.82) is 0 Å². The van der Waals surface area contributed by atoms with Gasteiger partial charge in [0.15, 0.2) is 5.96 Å². The summed E-state index contributed by atoms with van der Waals surface area (Å²) in [5.41, 5.74) is 0. The molecule has 6 nitrogen and oxygen atoms in total. The standard InChI is InChI=1S/C20H38N4O2.HI/c1-4-21-20(24-15-10-18(11-16-24)19(25)26-3)22-12-6-8-14-23-13-7-5-9-17(23)2;/h17-18H,4-16H2,1-3H3,(H,21,22);1H. The van der Waals surface area contributed by atoms with Gasteiger partial charge in [0.2, 0.25) is 0 Å². The number of guanidine groups is 1. The lowest BCUT2D eigenvalue weighted by Crippen LogP contribution is -2.46. The van der Waals surface area contributed by atoms with E-state index in [1.807, 2.05) is 0 Å². The highest BCUT2D eigenvalue weighted by Gasteiger charge is 2.26. The van der Waals surface area contributed by atoms with E-state index >= 15 is 0 Å². The van der Waals surface area contributed by atoms with Crippen molar-refractivity contribution in [3.8, 4) is 0 Å². The van der Waals surface area contributed by atoms with E-state index in [1.165, 1.54) is 45.9 Å². The lowest BCUT2D eigenvalue weighted by Gasteiger charge is -2.33. The van der Waals surface area contributed by atoms with Crippen LogP contribution in [0, 0.1) is 5.92 Å². The molecule has 0 aromatic carbocycles. The highest BCUT2D eigenvalue weighted by molar-refractivity contribution is 14.0. The number of aliphatic imine (C=N–C) groups is 1. The topological polar surface area (TPSA) is 57.2 Å². The summed E-state index contributed by atoms with van der Waals surface area (Å²) in [4.78, 5) is 21.4. The van der Waals surface area contributed by atoms with Gasteiger partial charge < -0.3 is 19.9 Å². The summed E-state index contributed by atoms with van der Waals surface area (Å²) >= 11 is 0. The average Bonchev–Trinajstić information content (AvgIpc) is 2.67. The maximum atomic E-state index is 11.7. The average molecular weight is 494 g/mol. The number of hydrogen-bond acceptors (Lipinski definition) is 4. The normalized spacial score (nSPS) is 22.3. The van der Waals surface area contributed by atoms with Crippen LogP contribution in [-0.2, 0) is 9.53 Å². The Balaban J connectivity index is 0.00000364. The zero-order valence-electron chi connectivity index (χ0n) is 17.4. The van der Waals surface area contributed by atoms with Gasteiger partial charge in [0, 0.05) is 32.2 Å². The first kappa shape index (κ1) is 24.5. The van der Waals surface area contributed by atoms with E-state index in [2.05, 4.69) is 29.0 Å². The van der Waals surface area contributed by atoms with E-state index in [0.29, 0.717) is 0 Å². The molecule has 7 heteroatoms. The summed E-state index contributed by atoms with van der Waals surface area (Å²) in [7, 11) is 1.48. The smallest absolute Gasteiger partial charge is 0.308 e. The Morgan fingerprint density at radius 2 is 1.89 bits per heavy atom. The molecule has 1 N–H and O–H groups in total. The molecule has 0 bridgehead atoms. The molecule has 2 rings (SSSR count). The Hall–Kier alpha value is -0.570. The second-order valence-corrected chi connectivity index (χ2v) is 7.61. The van der Waals surface area contributed by atoms with Crippen LogP contribution in [0.25, 0.3) is 0 Å². The van der Waals surface area contributed by atoms with Gasteiger partial charge in [-0.2, -0.15) is 0 Å². The number of carbonyl (C=O) groups is 1. The number of ether oxygens (including phenoxy) is 1. The molecule has 0 aliphatic carbocycles. The number of methoxy groups -OCH3 is 1. The van der Waals surface area contributed by atoms with Crippen LogP contribution in [0.2, 0.25) is 0 Å². The minimum Gasteiger partial charge on any atom is -0.469 e. The zero-order chi connectivity index (χ0) is 18.8. The Morgan fingerprint density at radius 3 is 2.52 bits per heavy atom. The number of nitrogens with one attached hydrogen (secondary N) is 1. The van der Waals surface area contributed by atoms with Crippen molar-refractivity contribution in [2.45, 2.75) is 64.8 Å². The maximum Gasteiger partial charge on any atom is 0.308 e. The number of hydrogen-bond donors (Lipinski definition) is 1. The van der Waals surface area contributed by atoms with Crippen LogP contribution in [0.5, 0.6) is 0 Å². The Labute approximate surface area is 182 Å². The van der Waals surface area contributed by atoms with Gasteiger partial charge in [-0.05, 0) is 65.5 Å². The number of nitrogens with zero attached hydrogens (tertiary/aromatic N) is 3. The lowest BCUT2D eigenvalue weighted by atomic mass is 9.97. The zero-order valence-corrected chi connectivity index (χ0v) is 19.7. The molecule has 0 amide bonds. The molecule has 27 heavy (non-hydrogen) atoms. The van der Waals surface area contributed by atoms with Crippen molar-refractivity contribution < 1.29 is 9.53 Å². The number of unbranched alkanes of at least 4 members (excludes halogenated alkanes) is 1. The van der Waals surface area contributed by atoms with Crippen LogP contribution in [0.1, 0.15) is 58.8 Å². The van der Waals surface area contributed by atoms with Gasteiger partial charge in [-0.3, -0.25) is 9.79 Å². The predicted molar refractivity (Wildman–Crippen MR) is 122 cm³/mol. The van der Waals surface area contributed by atoms with Gasteiger partial charge in [0.05, 0.1) is 13.0 Å². The molecule has 2 saturated heterocycles. The van der Waals surface area contributed by atoms with Gasteiger partial charge in [-0.1, -0.05) is 6.42 Å². The number of halogens is 1. The first-order valence-corrected chi connectivity index (χ1v) is 10.5. The van der Waals surface area contributed by atoms with Crippen molar-refractivity contribution in [3.05, 3.63) is 0 Å². The number of carbonyl (C=O) groups excluding carboxylic acids is 1. The summed E-state index contributed by atoms with van der Waals surface area (Å²) in [6.45, 7) is 10.4. The Bertz CT molecular complexity index is 453. The highest BCUT2D eigenvalue weighted by atomic mass is 127. The minimum absolute atomic E-state index is 0. The summed E-state index contributed by atoms with van der Waals surface area (Å²) < 4.78 is 4.87. The van der Waals surface area contributed by atoms with Crippen LogP contribution >= 0.6 is 24.0 Å². The van der Waals surface area contributed by atoms with Gasteiger partial charge in [0.25, 0.3) is 0 Å². The quantitative estimate of drug-likeness (QED) is 0.194. The van der Waals surface area contributed by atoms with E-state index in [-0.39, 0.29) is 35.9 Å². The van der Waals surface area contributed by atoms with Gasteiger partial charge in [0.1, 0.15) is 0 Å². The van der Waals surface area contributed by atoms with Crippen LogP contribution in [0.4, 0.5) is 0 Å². The number of likely N-dealkylation sites (tertiary alicyclic amines) is 2. The summed E-state index contributed by atoms with van der Waals surface area (Å²) in [5, 5.41) is 3.41. The molecule has 0 radical (unpaired) electrons. The summed E-state index contributed by atoms with van der Waals surface area (Å²) in [5.74, 6) is 0.978. The van der Waals surface area contributed by atoms with Crippen LogP contribution < -0.4 is 5.32 Å². The molecule has 0 aromatic heterocycles. The van der Waals surface area contributed by atoms with E-state index in [9.17, 15) is 4.79 Å². The van der Waals surface area contributed by atoms with Crippen molar-refractivity contribution in [2.24, 2.45) is 10.9 Å². The van der Waals surface area contributed by atoms with Crippen molar-refractivity contribution in [2.75, 3.05) is 46.4 Å². The second kappa shape index (κ2) is 13.6. The Morgan fingerprint density at radius 1 is 1.15 bits per heavy atom. The maximum absolute atomic E-state index is 11.7. The van der Waals surface area contributed by atoms with E-state index in [0.717, 1.165) is 57.4 Å². The Kier molecular flexibility index (Phi) is 12.3. The lowest BCUT2D eigenvalue weighted by molar-refractivity contribution is -0.146. The molecule has 0 spiro atoms. The van der Waals surface area contributed by atoms with Crippen LogP contribution in [-0.4, -0.2) is 74.1 Å². The minimum atomic E-state index is -0.0708. The first-order valence-electron chi connectivity index (χ1n) is 10.5. The van der Waals surface area contributed by atoms with Crippen LogP contribution in [0.3, 0.4) is 0 Å². The van der Waals surface area contributed by atoms with Crippen molar-refractivity contribution in [3.63, 3.8) is 0 Å². The number of piperidine rings is 2. The molecular weight excluding hydrogens is 455 g/mol. The molecular formula is C20H39IN4O2. The molecule has 0 aromatic rings. The van der Waals surface area contributed by atoms with Gasteiger partial charge >= 0.3 is 5.97 Å². The summed E-state index contributed by atoms with van der Waals surface area (Å²) in [6, 6.07) is 0.751. The van der Waals surface area contributed by atoms with Gasteiger partial charge in [-0.15, -0.1) is 24.0 Å².